The van der Waals surface area contributed by atoms with Crippen LogP contribution in [0.2, 0.25) is 0 Å². The van der Waals surface area contributed by atoms with Crippen molar-refractivity contribution in [3.8, 4) is 11.5 Å². The van der Waals surface area contributed by atoms with Crippen molar-refractivity contribution in [1.82, 2.24) is 5.32 Å². The minimum atomic E-state index is -0.186. The maximum absolute atomic E-state index is 12.6. The molecule has 122 valence electrons. The number of carbonyl (C=O) groups excluding carboxylic acids is 1. The predicted molar refractivity (Wildman–Crippen MR) is 91.3 cm³/mol. The molecular formula is C19H23NO3. The number of hydrogen-bond donors (Lipinski definition) is 1. The fourth-order valence-corrected chi connectivity index (χ4v) is 2.57. The van der Waals surface area contributed by atoms with Crippen LogP contribution >= 0.6 is 0 Å². The van der Waals surface area contributed by atoms with Gasteiger partial charge in [0.05, 0.1) is 25.8 Å². The Bertz CT molecular complexity index is 710. The minimum absolute atomic E-state index is 0.0988. The van der Waals surface area contributed by atoms with Crippen molar-refractivity contribution < 1.29 is 14.3 Å². The van der Waals surface area contributed by atoms with E-state index in [9.17, 15) is 4.79 Å². The molecule has 1 amide bonds. The molecule has 1 atom stereocenters. The predicted octanol–water partition coefficient (Wildman–Crippen LogP) is 3.81. The van der Waals surface area contributed by atoms with Gasteiger partial charge in [-0.05, 0) is 50.1 Å². The lowest BCUT2D eigenvalue weighted by Crippen LogP contribution is -2.27. The third-order valence-corrected chi connectivity index (χ3v) is 3.90. The molecule has 0 heterocycles. The largest absolute Gasteiger partial charge is 0.497 e. The quantitative estimate of drug-likeness (QED) is 0.913. The first-order valence-corrected chi connectivity index (χ1v) is 7.56. The van der Waals surface area contributed by atoms with Gasteiger partial charge in [0, 0.05) is 0 Å². The first-order valence-electron chi connectivity index (χ1n) is 7.56. The van der Waals surface area contributed by atoms with Gasteiger partial charge in [-0.25, -0.2) is 0 Å². The molecule has 1 unspecified atom stereocenters. The van der Waals surface area contributed by atoms with E-state index in [2.05, 4.69) is 23.5 Å². The van der Waals surface area contributed by atoms with Gasteiger partial charge in [-0.2, -0.15) is 0 Å². The van der Waals surface area contributed by atoms with E-state index in [-0.39, 0.29) is 11.9 Å². The van der Waals surface area contributed by atoms with Crippen LogP contribution in [0.3, 0.4) is 0 Å². The number of hydrogen-bond acceptors (Lipinski definition) is 3. The average Bonchev–Trinajstić information content (AvgIpc) is 2.56. The maximum atomic E-state index is 12.6. The first kappa shape index (κ1) is 16.9. The van der Waals surface area contributed by atoms with Crippen LogP contribution < -0.4 is 14.8 Å². The van der Waals surface area contributed by atoms with Crippen LogP contribution in [0.1, 0.15) is 40.0 Å². The zero-order valence-electron chi connectivity index (χ0n) is 14.3. The summed E-state index contributed by atoms with van der Waals surface area (Å²) in [4.78, 5) is 12.6. The molecule has 0 aromatic heterocycles. The number of aryl methyl sites for hydroxylation is 2. The number of benzene rings is 2. The van der Waals surface area contributed by atoms with Crippen molar-refractivity contribution in [2.45, 2.75) is 26.8 Å². The normalized spacial score (nSPS) is 11.7. The Morgan fingerprint density at radius 3 is 2.43 bits per heavy atom. The highest BCUT2D eigenvalue weighted by atomic mass is 16.5. The summed E-state index contributed by atoms with van der Waals surface area (Å²) in [6.07, 6.45) is 0. The zero-order chi connectivity index (χ0) is 17.0. The van der Waals surface area contributed by atoms with E-state index in [4.69, 9.17) is 9.47 Å². The molecule has 23 heavy (non-hydrogen) atoms. The number of carbonyl (C=O) groups is 1. The molecule has 0 aliphatic rings. The number of amides is 1. The lowest BCUT2D eigenvalue weighted by molar-refractivity contribution is 0.0936. The number of nitrogens with one attached hydrogen (secondary N) is 1. The Morgan fingerprint density at radius 1 is 1.04 bits per heavy atom. The van der Waals surface area contributed by atoms with E-state index in [1.165, 1.54) is 5.56 Å². The van der Waals surface area contributed by atoms with Gasteiger partial charge in [0.2, 0.25) is 0 Å². The molecule has 0 aliphatic carbocycles. The van der Waals surface area contributed by atoms with Crippen molar-refractivity contribution in [3.63, 3.8) is 0 Å². The van der Waals surface area contributed by atoms with Gasteiger partial charge in [-0.1, -0.05) is 23.8 Å². The van der Waals surface area contributed by atoms with Crippen LogP contribution in [-0.2, 0) is 0 Å². The third kappa shape index (κ3) is 3.83. The molecule has 4 heteroatoms. The molecular weight excluding hydrogens is 290 g/mol. The highest BCUT2D eigenvalue weighted by molar-refractivity contribution is 5.97. The average molecular weight is 313 g/mol. The fourth-order valence-electron chi connectivity index (χ4n) is 2.57. The fraction of sp³-hybridized carbons (Fsp3) is 0.316. The Morgan fingerprint density at radius 2 is 1.78 bits per heavy atom. The Labute approximate surface area is 137 Å². The van der Waals surface area contributed by atoms with E-state index in [1.807, 2.05) is 20.8 Å². The SMILES string of the molecule is COc1ccc(OC)c(C(=O)NC(C)c2cc(C)ccc2C)c1. The Balaban J connectivity index is 2.26. The van der Waals surface area contributed by atoms with E-state index in [0.717, 1.165) is 11.1 Å². The number of rotatable bonds is 5. The van der Waals surface area contributed by atoms with E-state index >= 15 is 0 Å². The molecule has 0 radical (unpaired) electrons. The maximum Gasteiger partial charge on any atom is 0.255 e. The summed E-state index contributed by atoms with van der Waals surface area (Å²) in [6.45, 7) is 6.07. The molecule has 2 aromatic rings. The molecule has 0 spiro atoms. The summed E-state index contributed by atoms with van der Waals surface area (Å²) in [5.41, 5.74) is 3.90. The van der Waals surface area contributed by atoms with Crippen molar-refractivity contribution in [2.75, 3.05) is 14.2 Å². The molecule has 0 saturated heterocycles. The highest BCUT2D eigenvalue weighted by Gasteiger charge is 2.17. The molecule has 4 nitrogen and oxygen atoms in total. The van der Waals surface area contributed by atoms with E-state index in [0.29, 0.717) is 17.1 Å². The van der Waals surface area contributed by atoms with Gasteiger partial charge >= 0.3 is 0 Å². The number of methoxy groups -OCH3 is 2. The summed E-state index contributed by atoms with van der Waals surface area (Å²) < 4.78 is 10.5. The number of ether oxygens (including phenoxy) is 2. The van der Waals surface area contributed by atoms with E-state index in [1.54, 1.807) is 32.4 Å². The van der Waals surface area contributed by atoms with Crippen LogP contribution in [0.4, 0.5) is 0 Å². The lowest BCUT2D eigenvalue weighted by atomic mass is 9.99. The summed E-state index contributed by atoms with van der Waals surface area (Å²) in [6, 6.07) is 11.3. The molecule has 2 aromatic carbocycles. The third-order valence-electron chi connectivity index (χ3n) is 3.90. The van der Waals surface area contributed by atoms with Crippen LogP contribution in [-0.4, -0.2) is 20.1 Å². The Hall–Kier alpha value is -2.49. The van der Waals surface area contributed by atoms with Gasteiger partial charge in [-0.3, -0.25) is 4.79 Å². The summed E-state index contributed by atoms with van der Waals surface area (Å²) in [7, 11) is 3.12. The second kappa shape index (κ2) is 7.18. The standard InChI is InChI=1S/C19H23NO3/c1-12-6-7-13(2)16(10-12)14(3)20-19(21)17-11-15(22-4)8-9-18(17)23-5/h6-11,14H,1-5H3,(H,20,21). The zero-order valence-corrected chi connectivity index (χ0v) is 14.3. The topological polar surface area (TPSA) is 47.6 Å². The molecule has 0 fully saturated rings. The van der Waals surface area contributed by atoms with Crippen molar-refractivity contribution >= 4 is 5.91 Å². The van der Waals surface area contributed by atoms with Crippen LogP contribution in [0, 0.1) is 13.8 Å². The second-order valence-electron chi connectivity index (χ2n) is 5.62. The molecule has 0 bridgehead atoms. The molecule has 0 saturated carbocycles. The van der Waals surface area contributed by atoms with E-state index < -0.39 is 0 Å². The van der Waals surface area contributed by atoms with Gasteiger partial charge in [0.1, 0.15) is 11.5 Å². The van der Waals surface area contributed by atoms with Crippen molar-refractivity contribution in [1.29, 1.82) is 0 Å². The highest BCUT2D eigenvalue weighted by Crippen LogP contribution is 2.25. The lowest BCUT2D eigenvalue weighted by Gasteiger charge is -2.18. The van der Waals surface area contributed by atoms with Gasteiger partial charge in [0.15, 0.2) is 0 Å². The van der Waals surface area contributed by atoms with Gasteiger partial charge in [-0.15, -0.1) is 0 Å². The smallest absolute Gasteiger partial charge is 0.255 e. The van der Waals surface area contributed by atoms with Crippen molar-refractivity contribution in [2.24, 2.45) is 0 Å². The van der Waals surface area contributed by atoms with Crippen LogP contribution in [0.5, 0.6) is 11.5 Å². The minimum Gasteiger partial charge on any atom is -0.497 e. The van der Waals surface area contributed by atoms with Crippen LogP contribution in [0.15, 0.2) is 36.4 Å². The molecule has 1 N–H and O–H groups in total. The Kier molecular flexibility index (Phi) is 5.27. The van der Waals surface area contributed by atoms with Gasteiger partial charge in [0.25, 0.3) is 5.91 Å². The molecule has 0 aliphatic heterocycles. The van der Waals surface area contributed by atoms with Crippen molar-refractivity contribution in [3.05, 3.63) is 58.7 Å². The van der Waals surface area contributed by atoms with Crippen LogP contribution in [0.25, 0.3) is 0 Å². The second-order valence-corrected chi connectivity index (χ2v) is 5.62. The first-order chi connectivity index (χ1) is 11.0. The van der Waals surface area contributed by atoms with Gasteiger partial charge < -0.3 is 14.8 Å². The summed E-state index contributed by atoms with van der Waals surface area (Å²) in [5.74, 6) is 0.959. The summed E-state index contributed by atoms with van der Waals surface area (Å²) >= 11 is 0. The summed E-state index contributed by atoms with van der Waals surface area (Å²) in [5, 5.41) is 3.03. The molecule has 2 rings (SSSR count). The monoisotopic (exact) mass is 313 g/mol.